The van der Waals surface area contributed by atoms with Gasteiger partial charge in [0.15, 0.2) is 0 Å². The van der Waals surface area contributed by atoms with Gasteiger partial charge in [0.05, 0.1) is 0 Å². The molecular formula is C14H21N3O. The molecule has 4 nitrogen and oxygen atoms in total. The number of carbonyl (C=O) groups is 1. The van der Waals surface area contributed by atoms with E-state index in [1.807, 2.05) is 18.0 Å². The Kier molecular flexibility index (Phi) is 2.88. The van der Waals surface area contributed by atoms with Crippen molar-refractivity contribution < 1.29 is 4.79 Å². The van der Waals surface area contributed by atoms with Crippen LogP contribution in [0.2, 0.25) is 0 Å². The maximum absolute atomic E-state index is 12.4. The molecule has 0 radical (unpaired) electrons. The van der Waals surface area contributed by atoms with Crippen LogP contribution in [-0.2, 0) is 7.05 Å². The molecule has 1 aliphatic carbocycles. The molecule has 98 valence electrons. The van der Waals surface area contributed by atoms with Gasteiger partial charge in [-0.3, -0.25) is 9.48 Å². The topological polar surface area (TPSA) is 38.1 Å². The molecule has 0 bridgehead atoms. The summed E-state index contributed by atoms with van der Waals surface area (Å²) < 4.78 is 1.67. The zero-order chi connectivity index (χ0) is 12.6. The third kappa shape index (κ3) is 1.93. The third-order valence-corrected chi connectivity index (χ3v) is 4.68. The second-order valence-electron chi connectivity index (χ2n) is 5.88. The number of aryl methyl sites for hydroxylation is 1. The molecule has 2 fully saturated rings. The van der Waals surface area contributed by atoms with Gasteiger partial charge in [0.1, 0.15) is 5.69 Å². The fourth-order valence-corrected chi connectivity index (χ4v) is 3.56. The molecule has 0 unspecified atom stereocenters. The van der Waals surface area contributed by atoms with E-state index in [1.165, 1.54) is 38.5 Å². The summed E-state index contributed by atoms with van der Waals surface area (Å²) in [6.07, 6.45) is 9.56. The first-order valence-corrected chi connectivity index (χ1v) is 6.98. The zero-order valence-electron chi connectivity index (χ0n) is 11.1. The Hall–Kier alpha value is -1.32. The van der Waals surface area contributed by atoms with Crippen molar-refractivity contribution in [1.82, 2.24) is 14.7 Å². The van der Waals surface area contributed by atoms with Crippen LogP contribution in [0.25, 0.3) is 0 Å². The fourth-order valence-electron chi connectivity index (χ4n) is 3.56. The minimum absolute atomic E-state index is 0.150. The van der Waals surface area contributed by atoms with Crippen LogP contribution in [0, 0.1) is 5.41 Å². The SMILES string of the molecule is Cn1nccc1C(=O)N1CCC2(CCCCC2)C1. The third-order valence-electron chi connectivity index (χ3n) is 4.68. The first-order chi connectivity index (χ1) is 8.70. The second-order valence-corrected chi connectivity index (χ2v) is 5.88. The van der Waals surface area contributed by atoms with Gasteiger partial charge in [-0.05, 0) is 30.7 Å². The van der Waals surface area contributed by atoms with Gasteiger partial charge in [0, 0.05) is 26.3 Å². The molecule has 3 rings (SSSR count). The number of rotatable bonds is 1. The second kappa shape index (κ2) is 4.41. The average molecular weight is 247 g/mol. The van der Waals surface area contributed by atoms with E-state index in [2.05, 4.69) is 5.10 Å². The molecule has 1 saturated carbocycles. The Morgan fingerprint density at radius 3 is 2.72 bits per heavy atom. The minimum atomic E-state index is 0.150. The highest BCUT2D eigenvalue weighted by Gasteiger charge is 2.40. The van der Waals surface area contributed by atoms with E-state index >= 15 is 0 Å². The Labute approximate surface area is 108 Å². The quantitative estimate of drug-likeness (QED) is 0.763. The number of aromatic nitrogens is 2. The predicted octanol–water partition coefficient (Wildman–Crippen LogP) is 2.22. The fraction of sp³-hybridized carbons (Fsp3) is 0.714. The largest absolute Gasteiger partial charge is 0.337 e. The lowest BCUT2D eigenvalue weighted by Crippen LogP contribution is -2.34. The van der Waals surface area contributed by atoms with Crippen LogP contribution in [0.5, 0.6) is 0 Å². The summed E-state index contributed by atoms with van der Waals surface area (Å²) in [6, 6.07) is 1.81. The molecule has 0 N–H and O–H groups in total. The molecule has 0 aromatic carbocycles. The minimum Gasteiger partial charge on any atom is -0.337 e. The van der Waals surface area contributed by atoms with Gasteiger partial charge in [-0.25, -0.2) is 0 Å². The van der Waals surface area contributed by atoms with Crippen molar-refractivity contribution in [3.63, 3.8) is 0 Å². The van der Waals surface area contributed by atoms with Crippen molar-refractivity contribution in [2.75, 3.05) is 13.1 Å². The van der Waals surface area contributed by atoms with Crippen molar-refractivity contribution in [2.24, 2.45) is 12.5 Å². The van der Waals surface area contributed by atoms with Crippen LogP contribution < -0.4 is 0 Å². The number of hydrogen-bond donors (Lipinski definition) is 0. The van der Waals surface area contributed by atoms with Crippen LogP contribution in [0.3, 0.4) is 0 Å². The van der Waals surface area contributed by atoms with Crippen LogP contribution in [-0.4, -0.2) is 33.7 Å². The molecule has 0 atom stereocenters. The van der Waals surface area contributed by atoms with E-state index in [4.69, 9.17) is 0 Å². The van der Waals surface area contributed by atoms with Gasteiger partial charge in [0.25, 0.3) is 5.91 Å². The lowest BCUT2D eigenvalue weighted by atomic mass is 9.73. The van der Waals surface area contributed by atoms with Crippen molar-refractivity contribution in [1.29, 1.82) is 0 Å². The molecular weight excluding hydrogens is 226 g/mol. The Morgan fingerprint density at radius 2 is 2.06 bits per heavy atom. The number of nitrogens with zero attached hydrogens (tertiary/aromatic N) is 3. The molecule has 1 spiro atoms. The molecule has 4 heteroatoms. The lowest BCUT2D eigenvalue weighted by molar-refractivity contribution is 0.0748. The summed E-state index contributed by atoms with van der Waals surface area (Å²) in [4.78, 5) is 14.5. The molecule has 2 aliphatic rings. The van der Waals surface area contributed by atoms with Gasteiger partial charge < -0.3 is 4.90 Å². The highest BCUT2D eigenvalue weighted by Crippen LogP contribution is 2.43. The molecule has 1 aromatic heterocycles. The Bertz CT molecular complexity index is 446. The van der Waals surface area contributed by atoms with E-state index < -0.39 is 0 Å². The maximum Gasteiger partial charge on any atom is 0.272 e. The van der Waals surface area contributed by atoms with E-state index in [1.54, 1.807) is 10.9 Å². The van der Waals surface area contributed by atoms with Crippen LogP contribution in [0.4, 0.5) is 0 Å². The van der Waals surface area contributed by atoms with Crippen molar-refractivity contribution in [2.45, 2.75) is 38.5 Å². The number of carbonyl (C=O) groups excluding carboxylic acids is 1. The van der Waals surface area contributed by atoms with Gasteiger partial charge in [-0.2, -0.15) is 5.10 Å². The van der Waals surface area contributed by atoms with Crippen molar-refractivity contribution >= 4 is 5.91 Å². The highest BCUT2D eigenvalue weighted by atomic mass is 16.2. The van der Waals surface area contributed by atoms with Crippen molar-refractivity contribution in [3.05, 3.63) is 18.0 Å². The summed E-state index contributed by atoms with van der Waals surface area (Å²) >= 11 is 0. The van der Waals surface area contributed by atoms with Crippen molar-refractivity contribution in [3.8, 4) is 0 Å². The number of likely N-dealkylation sites (tertiary alicyclic amines) is 1. The molecule has 1 amide bonds. The maximum atomic E-state index is 12.4. The Balaban J connectivity index is 1.72. The average Bonchev–Trinajstić information content (AvgIpc) is 2.97. The first-order valence-electron chi connectivity index (χ1n) is 6.98. The number of amides is 1. The zero-order valence-corrected chi connectivity index (χ0v) is 11.1. The monoisotopic (exact) mass is 247 g/mol. The van der Waals surface area contributed by atoms with Crippen LogP contribution in [0.1, 0.15) is 49.0 Å². The number of hydrogen-bond acceptors (Lipinski definition) is 2. The lowest BCUT2D eigenvalue weighted by Gasteiger charge is -2.33. The summed E-state index contributed by atoms with van der Waals surface area (Å²) in [5.41, 5.74) is 1.15. The molecule has 1 aromatic rings. The summed E-state index contributed by atoms with van der Waals surface area (Å²) in [5.74, 6) is 0.150. The summed E-state index contributed by atoms with van der Waals surface area (Å²) in [6.45, 7) is 1.88. The summed E-state index contributed by atoms with van der Waals surface area (Å²) in [5, 5.41) is 4.08. The molecule has 1 aliphatic heterocycles. The van der Waals surface area contributed by atoms with Crippen LogP contribution in [0.15, 0.2) is 12.3 Å². The Morgan fingerprint density at radius 1 is 1.28 bits per heavy atom. The summed E-state index contributed by atoms with van der Waals surface area (Å²) in [7, 11) is 1.83. The van der Waals surface area contributed by atoms with Gasteiger partial charge in [0.2, 0.25) is 0 Å². The smallest absolute Gasteiger partial charge is 0.272 e. The molecule has 18 heavy (non-hydrogen) atoms. The predicted molar refractivity (Wildman–Crippen MR) is 69.2 cm³/mol. The van der Waals surface area contributed by atoms with E-state index in [0.29, 0.717) is 11.1 Å². The molecule has 2 heterocycles. The normalized spacial score (nSPS) is 22.6. The van der Waals surface area contributed by atoms with E-state index in [9.17, 15) is 4.79 Å². The van der Waals surface area contributed by atoms with Gasteiger partial charge >= 0.3 is 0 Å². The first kappa shape index (κ1) is 11.8. The standard InChI is InChI=1S/C14H21N3O/c1-16-12(5-9-15-16)13(18)17-10-8-14(11-17)6-3-2-4-7-14/h5,9H,2-4,6-8,10-11H2,1H3. The van der Waals surface area contributed by atoms with Crippen LogP contribution >= 0.6 is 0 Å². The van der Waals surface area contributed by atoms with E-state index in [0.717, 1.165) is 13.1 Å². The highest BCUT2D eigenvalue weighted by molar-refractivity contribution is 5.92. The molecule has 1 saturated heterocycles. The van der Waals surface area contributed by atoms with Gasteiger partial charge in [-0.1, -0.05) is 19.3 Å². The van der Waals surface area contributed by atoms with Gasteiger partial charge in [-0.15, -0.1) is 0 Å². The van der Waals surface area contributed by atoms with E-state index in [-0.39, 0.29) is 5.91 Å².